The van der Waals surface area contributed by atoms with E-state index >= 15 is 0 Å². The van der Waals surface area contributed by atoms with Crippen molar-refractivity contribution < 1.29 is 29.1 Å². The van der Waals surface area contributed by atoms with Gasteiger partial charge in [0, 0.05) is 0 Å². The van der Waals surface area contributed by atoms with Crippen molar-refractivity contribution in [1.82, 2.24) is 5.32 Å². The fraction of sp³-hybridized carbons (Fsp3) is 0.440. The van der Waals surface area contributed by atoms with Gasteiger partial charge in [0.1, 0.15) is 11.8 Å². The Morgan fingerprint density at radius 2 is 1.76 bits per heavy atom. The van der Waals surface area contributed by atoms with Gasteiger partial charge < -0.3 is 20.3 Å². The Morgan fingerprint density at radius 1 is 1.15 bits per heavy atom. The molecule has 3 N–H and O–H groups in total. The second-order valence-electron chi connectivity index (χ2n) is 8.91. The number of aliphatic hydroxyl groups is 1. The first-order chi connectivity index (χ1) is 15.4. The van der Waals surface area contributed by atoms with Gasteiger partial charge in [-0.2, -0.15) is 0 Å². The lowest BCUT2D eigenvalue weighted by molar-refractivity contribution is -0.143. The third kappa shape index (κ3) is 6.62. The van der Waals surface area contributed by atoms with Gasteiger partial charge in [-0.25, -0.2) is 4.79 Å². The largest absolute Gasteiger partial charge is 0.507 e. The predicted octanol–water partition coefficient (Wildman–Crippen LogP) is 4.37. The molecule has 0 aliphatic heterocycles. The van der Waals surface area contributed by atoms with E-state index in [1.807, 2.05) is 27.7 Å². The number of nitrogens with one attached hydrogen (secondary N) is 1. The molecule has 0 aliphatic rings. The molecule has 7 nitrogen and oxygen atoms in total. The maximum atomic E-state index is 12.9. The number of phenols is 1. The minimum absolute atomic E-state index is 0.0742. The van der Waals surface area contributed by atoms with Crippen LogP contribution in [-0.4, -0.2) is 35.2 Å². The molecule has 178 valence electrons. The molecule has 2 unspecified atom stereocenters. The average Bonchev–Trinajstić information content (AvgIpc) is 2.75. The number of amides is 1. The summed E-state index contributed by atoms with van der Waals surface area (Å²) in [5.41, 5.74) is 4.25. The molecule has 2 atom stereocenters. The fourth-order valence-electron chi connectivity index (χ4n) is 3.74. The van der Waals surface area contributed by atoms with Crippen LogP contribution in [0.15, 0.2) is 30.3 Å². The van der Waals surface area contributed by atoms with Gasteiger partial charge in [0.2, 0.25) is 0 Å². The summed E-state index contributed by atoms with van der Waals surface area (Å²) >= 11 is 0. The zero-order valence-electron chi connectivity index (χ0n) is 19.9. The van der Waals surface area contributed by atoms with Crippen molar-refractivity contribution in [3.05, 3.63) is 63.7 Å². The molecule has 1 amide bonds. The Balaban J connectivity index is 2.33. The molecule has 0 aliphatic carbocycles. The Morgan fingerprint density at radius 3 is 2.27 bits per heavy atom. The van der Waals surface area contributed by atoms with Gasteiger partial charge in [0.15, 0.2) is 13.8 Å². The number of esters is 1. The summed E-state index contributed by atoms with van der Waals surface area (Å²) in [5.74, 6) is -1.11. The van der Waals surface area contributed by atoms with Crippen molar-refractivity contribution in [2.24, 2.45) is 5.92 Å². The van der Waals surface area contributed by atoms with Crippen LogP contribution >= 0.6 is 8.46 Å². The second kappa shape index (κ2) is 10.9. The maximum absolute atomic E-state index is 12.9. The molecule has 8 heteroatoms. The summed E-state index contributed by atoms with van der Waals surface area (Å²) in [6.45, 7) is 9.18. The molecular weight excluding hydrogens is 441 g/mol. The molecule has 0 heterocycles. The van der Waals surface area contributed by atoms with Crippen LogP contribution < -0.4 is 5.32 Å². The Hall–Kier alpha value is -2.76. The standard InChI is InChI=1S/C25H32NO6P/c1-14(2)9-21(24(29)32-6)26-23(28)20-13-17(7-8-22(20)27)12-19-15(3)10-18(11-16(19)4)25(5,30)33-31/h7-8,10-11,13-14,21,27,30H,9,12H2,1-6H3,(H,26,28). The van der Waals surface area contributed by atoms with Crippen molar-refractivity contribution in [1.29, 1.82) is 0 Å². The van der Waals surface area contributed by atoms with Crippen LogP contribution in [0.3, 0.4) is 0 Å². The summed E-state index contributed by atoms with van der Waals surface area (Å²) in [5, 5.41) is 21.8. The van der Waals surface area contributed by atoms with Crippen LogP contribution in [0.2, 0.25) is 0 Å². The molecule has 0 radical (unpaired) electrons. The van der Waals surface area contributed by atoms with Crippen LogP contribution in [0.25, 0.3) is 0 Å². The zero-order valence-corrected chi connectivity index (χ0v) is 20.8. The van der Waals surface area contributed by atoms with Gasteiger partial charge >= 0.3 is 5.97 Å². The number of phenolic OH excluding ortho intramolecular Hbond substituents is 1. The highest BCUT2D eigenvalue weighted by atomic mass is 31.1. The molecule has 0 fully saturated rings. The van der Waals surface area contributed by atoms with E-state index in [9.17, 15) is 24.4 Å². The van der Waals surface area contributed by atoms with E-state index in [0.29, 0.717) is 18.4 Å². The highest BCUT2D eigenvalue weighted by Gasteiger charge is 2.26. The lowest BCUT2D eigenvalue weighted by Crippen LogP contribution is -2.42. The summed E-state index contributed by atoms with van der Waals surface area (Å²) in [6, 6.07) is 7.59. The number of hydrogen-bond acceptors (Lipinski definition) is 6. The molecule has 2 rings (SSSR count). The first-order valence-corrected chi connectivity index (χ1v) is 11.6. The minimum Gasteiger partial charge on any atom is -0.507 e. The van der Waals surface area contributed by atoms with Gasteiger partial charge in [0.05, 0.1) is 12.7 Å². The van der Waals surface area contributed by atoms with Crippen molar-refractivity contribution in [2.45, 2.75) is 58.8 Å². The number of carbonyl (C=O) groups is 2. The van der Waals surface area contributed by atoms with E-state index in [0.717, 1.165) is 22.3 Å². The van der Waals surface area contributed by atoms with Crippen molar-refractivity contribution in [2.75, 3.05) is 7.11 Å². The maximum Gasteiger partial charge on any atom is 0.328 e. The highest BCUT2D eigenvalue weighted by molar-refractivity contribution is 7.25. The lowest BCUT2D eigenvalue weighted by atomic mass is 9.92. The van der Waals surface area contributed by atoms with E-state index in [4.69, 9.17) is 4.74 Å². The molecule has 2 aromatic rings. The number of ether oxygens (including phenoxy) is 1. The third-order valence-corrected chi connectivity index (χ3v) is 6.22. The number of aromatic hydroxyl groups is 1. The lowest BCUT2D eigenvalue weighted by Gasteiger charge is -2.20. The Labute approximate surface area is 196 Å². The quantitative estimate of drug-likeness (QED) is 0.368. The van der Waals surface area contributed by atoms with Crippen LogP contribution in [0.5, 0.6) is 5.75 Å². The van der Waals surface area contributed by atoms with Crippen molar-refractivity contribution in [3.63, 3.8) is 0 Å². The monoisotopic (exact) mass is 473 g/mol. The average molecular weight is 474 g/mol. The smallest absolute Gasteiger partial charge is 0.328 e. The normalized spacial score (nSPS) is 14.1. The molecule has 0 bridgehead atoms. The van der Waals surface area contributed by atoms with Crippen LogP contribution in [0.1, 0.15) is 65.4 Å². The molecular formula is C25H32NO6P. The number of benzene rings is 2. The number of carbonyl (C=O) groups excluding carboxylic acids is 2. The zero-order chi connectivity index (χ0) is 24.9. The summed E-state index contributed by atoms with van der Waals surface area (Å²) in [6.07, 6.45) is 0.901. The molecule has 2 aromatic carbocycles. The van der Waals surface area contributed by atoms with E-state index in [1.54, 1.807) is 24.3 Å². The van der Waals surface area contributed by atoms with Gasteiger partial charge in [-0.05, 0) is 79.5 Å². The summed E-state index contributed by atoms with van der Waals surface area (Å²) in [4.78, 5) is 24.9. The van der Waals surface area contributed by atoms with Crippen LogP contribution in [0, 0.1) is 19.8 Å². The number of methoxy groups -OCH3 is 1. The summed E-state index contributed by atoms with van der Waals surface area (Å²) < 4.78 is 16.1. The topological polar surface area (TPSA) is 113 Å². The Kier molecular flexibility index (Phi) is 8.76. The SMILES string of the molecule is COC(=O)C(CC(C)C)NC(=O)c1cc(Cc2c(C)cc(C(C)(O)P=O)cc2C)ccc1O. The molecule has 0 spiro atoms. The summed E-state index contributed by atoms with van der Waals surface area (Å²) in [7, 11) is 0.889. The van der Waals surface area contributed by atoms with E-state index < -0.39 is 23.3 Å². The van der Waals surface area contributed by atoms with Gasteiger partial charge in [0.25, 0.3) is 5.91 Å². The van der Waals surface area contributed by atoms with E-state index in [1.165, 1.54) is 20.1 Å². The second-order valence-corrected chi connectivity index (χ2v) is 9.96. The highest BCUT2D eigenvalue weighted by Crippen LogP contribution is 2.34. The molecule has 0 aromatic heterocycles. The Bertz CT molecular complexity index is 1020. The molecule has 33 heavy (non-hydrogen) atoms. The van der Waals surface area contributed by atoms with Crippen LogP contribution in [0.4, 0.5) is 0 Å². The molecule has 0 saturated carbocycles. The van der Waals surface area contributed by atoms with Crippen LogP contribution in [-0.2, 0) is 25.9 Å². The first kappa shape index (κ1) is 26.5. The van der Waals surface area contributed by atoms with Gasteiger partial charge in [-0.15, -0.1) is 0 Å². The van der Waals surface area contributed by atoms with E-state index in [2.05, 4.69) is 5.32 Å². The fourth-order valence-corrected chi connectivity index (χ4v) is 3.98. The number of rotatable bonds is 9. The van der Waals surface area contributed by atoms with Gasteiger partial charge in [-0.3, -0.25) is 9.36 Å². The van der Waals surface area contributed by atoms with Crippen molar-refractivity contribution in [3.8, 4) is 5.75 Å². The molecule has 0 saturated heterocycles. The minimum atomic E-state index is -1.47. The van der Waals surface area contributed by atoms with Crippen molar-refractivity contribution >= 4 is 20.3 Å². The third-order valence-electron chi connectivity index (χ3n) is 5.61. The predicted molar refractivity (Wildman–Crippen MR) is 127 cm³/mol. The number of hydrogen-bond donors (Lipinski definition) is 3. The number of aryl methyl sites for hydroxylation is 2. The first-order valence-electron chi connectivity index (χ1n) is 10.8. The van der Waals surface area contributed by atoms with Gasteiger partial charge in [-0.1, -0.05) is 32.0 Å². The van der Waals surface area contributed by atoms with E-state index in [-0.39, 0.29) is 25.7 Å².